The first-order valence-electron chi connectivity index (χ1n) is 25.2. The first kappa shape index (κ1) is 47.6. The average molecular weight is 1010 g/mol. The van der Waals surface area contributed by atoms with Gasteiger partial charge in [-0.25, -0.2) is 0 Å². The number of fused-ring (bicyclic) bond motifs is 2. The molecule has 0 N–H and O–H groups in total. The monoisotopic (exact) mass is 1010 g/mol. The van der Waals surface area contributed by atoms with Crippen molar-refractivity contribution in [3.05, 3.63) is 273 Å². The van der Waals surface area contributed by atoms with Gasteiger partial charge in [-0.05, 0) is 0 Å². The van der Waals surface area contributed by atoms with Crippen molar-refractivity contribution in [3.8, 4) is 11.5 Å². The van der Waals surface area contributed by atoms with Crippen LogP contribution in [-0.4, -0.2) is 5.92 Å². The van der Waals surface area contributed by atoms with E-state index < -0.39 is 31.0 Å². The SMILES string of the molecule is Cc1ccc([O][Zr]([O]c2ccc(C)cc2C(C)(C)C)([SiH](C)C)([C]2(c3ccccc3)C(c3ccccc3)=Cc3ccccc32)[C]2(c3ccccc3)C(c3ccccc3)=Cc3ccccc32)c(C(C)(C)C)c1. The molecule has 0 saturated heterocycles. The summed E-state index contributed by atoms with van der Waals surface area (Å²) in [5.74, 6) is -0.815. The molecule has 10 rings (SSSR count). The molecule has 70 heavy (non-hydrogen) atoms. The molecule has 0 saturated carbocycles. The molecule has 0 radical (unpaired) electrons. The summed E-state index contributed by atoms with van der Waals surface area (Å²) < 4.78 is 17.0. The predicted octanol–water partition coefficient (Wildman–Crippen LogP) is 16.9. The first-order chi connectivity index (χ1) is 33.6. The van der Waals surface area contributed by atoms with Gasteiger partial charge in [0.25, 0.3) is 0 Å². The van der Waals surface area contributed by atoms with Crippen molar-refractivity contribution in [1.82, 2.24) is 0 Å². The molecular weight excluding hydrogens is 944 g/mol. The summed E-state index contributed by atoms with van der Waals surface area (Å²) >= 11 is -6.94. The number of aryl methyl sites for hydroxylation is 2. The molecule has 2 aliphatic carbocycles. The molecule has 0 fully saturated rings. The number of rotatable bonds is 11. The van der Waals surface area contributed by atoms with Gasteiger partial charge < -0.3 is 0 Å². The molecule has 351 valence electrons. The normalized spacial score (nSPS) is 18.3. The van der Waals surface area contributed by atoms with Crippen LogP contribution in [0.5, 0.6) is 11.5 Å². The zero-order chi connectivity index (χ0) is 49.1. The minimum absolute atomic E-state index is 0.295. The molecule has 4 heteroatoms. The van der Waals surface area contributed by atoms with Crippen LogP contribution in [0.3, 0.4) is 0 Å². The molecule has 0 aliphatic heterocycles. The predicted molar refractivity (Wildman–Crippen MR) is 296 cm³/mol. The van der Waals surface area contributed by atoms with Gasteiger partial charge >= 0.3 is 424 Å². The van der Waals surface area contributed by atoms with Gasteiger partial charge in [0.05, 0.1) is 0 Å². The molecule has 0 spiro atoms. The van der Waals surface area contributed by atoms with E-state index in [0.717, 1.165) is 22.6 Å². The zero-order valence-electron chi connectivity index (χ0n) is 42.7. The quantitative estimate of drug-likeness (QED) is 0.120. The molecule has 0 heterocycles. The van der Waals surface area contributed by atoms with Gasteiger partial charge in [-0.15, -0.1) is 0 Å². The van der Waals surface area contributed by atoms with Crippen LogP contribution in [-0.2, 0) is 35.9 Å². The number of allylic oxidation sites excluding steroid dienone is 2. The zero-order valence-corrected chi connectivity index (χ0v) is 46.3. The van der Waals surface area contributed by atoms with Gasteiger partial charge in [-0.1, -0.05) is 0 Å². The maximum atomic E-state index is 9.53. The Kier molecular flexibility index (Phi) is 12.0. The van der Waals surface area contributed by atoms with Crippen molar-refractivity contribution in [3.63, 3.8) is 0 Å². The Balaban J connectivity index is 1.62. The van der Waals surface area contributed by atoms with Crippen LogP contribution in [0.25, 0.3) is 23.3 Å². The molecule has 8 aromatic rings. The van der Waals surface area contributed by atoms with Gasteiger partial charge in [0.1, 0.15) is 0 Å². The van der Waals surface area contributed by atoms with Crippen LogP contribution < -0.4 is 5.63 Å². The van der Waals surface area contributed by atoms with Crippen molar-refractivity contribution in [2.45, 2.75) is 85.6 Å². The van der Waals surface area contributed by atoms with E-state index in [0.29, 0.717) is 0 Å². The standard InChI is InChI=1S/2C21H15.2C11H16O.C2H7Si.Zr/c2*1-3-9-16(10-4-1)20-15-18-13-7-8-14-19(18)21(20)17-11-5-2-6-12-17;2*1-8-5-6-10(12)9(7-8)11(2,3)4;1-3-2;/h2*1-15H;2*5-7,12H,1-4H3;3H,1-2H3;/q;;;;;+2/p-2. The van der Waals surface area contributed by atoms with Crippen molar-refractivity contribution in [2.75, 3.05) is 0 Å². The minimum atomic E-state index is -6.94. The molecular formula is C66H67O2SiZr. The van der Waals surface area contributed by atoms with Gasteiger partial charge in [-0.3, -0.25) is 0 Å². The van der Waals surface area contributed by atoms with Crippen LogP contribution >= 0.6 is 0 Å². The molecule has 8 aromatic carbocycles. The molecule has 2 nitrogen and oxygen atoms in total. The van der Waals surface area contributed by atoms with Crippen LogP contribution in [0.15, 0.2) is 206 Å². The van der Waals surface area contributed by atoms with E-state index >= 15 is 0 Å². The molecule has 2 atom stereocenters. The maximum absolute atomic E-state index is 9.53. The number of hydrogen-bond acceptors (Lipinski definition) is 2. The fourth-order valence-electron chi connectivity index (χ4n) is 12.9. The van der Waals surface area contributed by atoms with Gasteiger partial charge in [0.15, 0.2) is 0 Å². The Labute approximate surface area is 420 Å². The van der Waals surface area contributed by atoms with Crippen LogP contribution in [0.2, 0.25) is 13.1 Å². The topological polar surface area (TPSA) is 18.5 Å². The fourth-order valence-corrected chi connectivity index (χ4v) is 55.3. The molecule has 0 aromatic heterocycles. The van der Waals surface area contributed by atoms with E-state index in [2.05, 4.69) is 287 Å². The van der Waals surface area contributed by atoms with E-state index in [4.69, 9.17) is 0 Å². The van der Waals surface area contributed by atoms with E-state index in [1.165, 1.54) is 66.8 Å². The van der Waals surface area contributed by atoms with Gasteiger partial charge in [0.2, 0.25) is 0 Å². The number of hydrogen-bond donors (Lipinski definition) is 0. The third-order valence-corrected chi connectivity index (χ3v) is 53.9. The Morgan fingerprint density at radius 1 is 0.400 bits per heavy atom. The van der Waals surface area contributed by atoms with Crippen LogP contribution in [0.4, 0.5) is 0 Å². The molecule has 2 unspecified atom stereocenters. The van der Waals surface area contributed by atoms with Gasteiger partial charge in [0, 0.05) is 0 Å². The summed E-state index contributed by atoms with van der Waals surface area (Å²) in [6.45, 7) is 23.7. The first-order valence-corrected chi connectivity index (χ1v) is 36.8. The second-order valence-corrected chi connectivity index (χ2v) is 49.6. The van der Waals surface area contributed by atoms with Crippen molar-refractivity contribution in [1.29, 1.82) is 0 Å². The molecule has 0 bridgehead atoms. The Hall–Kier alpha value is -6.06. The number of benzene rings is 8. The second kappa shape index (κ2) is 17.7. The summed E-state index contributed by atoms with van der Waals surface area (Å²) in [6.07, 6.45) is 5.03. The molecule has 2 aliphatic rings. The van der Waals surface area contributed by atoms with Gasteiger partial charge in [-0.2, -0.15) is 0 Å². The second-order valence-electron chi connectivity index (χ2n) is 22.3. The van der Waals surface area contributed by atoms with Crippen LogP contribution in [0.1, 0.15) is 108 Å². The molecule has 0 amide bonds. The fraction of sp³-hybridized carbons (Fsp3) is 0.212. The van der Waals surface area contributed by atoms with Crippen molar-refractivity contribution >= 4 is 29.2 Å². The summed E-state index contributed by atoms with van der Waals surface area (Å²) in [5.41, 5.74) is 16.1. The third-order valence-electron chi connectivity index (χ3n) is 15.7. The Morgan fingerprint density at radius 3 is 1.07 bits per heavy atom. The van der Waals surface area contributed by atoms with E-state index in [1.54, 1.807) is 0 Å². The Bertz CT molecular complexity index is 3070. The third kappa shape index (κ3) is 6.95. The summed E-state index contributed by atoms with van der Waals surface area (Å²) in [5, 5.41) is 0. The van der Waals surface area contributed by atoms with E-state index in [1.807, 2.05) is 0 Å². The summed E-state index contributed by atoms with van der Waals surface area (Å²) in [4.78, 5) is 0. The van der Waals surface area contributed by atoms with Crippen molar-refractivity contribution < 1.29 is 24.4 Å². The van der Waals surface area contributed by atoms with Crippen LogP contribution in [0, 0.1) is 13.8 Å². The van der Waals surface area contributed by atoms with Crippen molar-refractivity contribution in [2.24, 2.45) is 0 Å². The summed E-state index contributed by atoms with van der Waals surface area (Å²) in [6, 6.07) is 77.7. The average Bonchev–Trinajstić information content (AvgIpc) is 3.91. The summed E-state index contributed by atoms with van der Waals surface area (Å²) in [7, 11) is 0. The van der Waals surface area contributed by atoms with E-state index in [9.17, 15) is 5.63 Å². The van der Waals surface area contributed by atoms with E-state index in [-0.39, 0.29) is 10.8 Å². The Morgan fingerprint density at radius 2 is 0.729 bits per heavy atom.